The number of hydrogen-bond donors (Lipinski definition) is 1. The third-order valence-electron chi connectivity index (χ3n) is 3.08. The summed E-state index contributed by atoms with van der Waals surface area (Å²) in [6, 6.07) is 3.34. The average molecular weight is 310 g/mol. The molecule has 1 N–H and O–H groups in total. The summed E-state index contributed by atoms with van der Waals surface area (Å²) in [6.45, 7) is 4.83. The highest BCUT2D eigenvalue weighted by molar-refractivity contribution is 5.88. The minimum atomic E-state index is -2.24. The molecule has 2 atom stereocenters. The van der Waals surface area contributed by atoms with Gasteiger partial charge in [0.2, 0.25) is 0 Å². The molecule has 0 aromatic heterocycles. The Morgan fingerprint density at radius 3 is 2.55 bits per heavy atom. The number of halogens is 3. The molecule has 2 rings (SSSR count). The van der Waals surface area contributed by atoms with Crippen molar-refractivity contribution in [3.05, 3.63) is 59.6 Å². The quantitative estimate of drug-likeness (QED) is 0.524. The van der Waals surface area contributed by atoms with Gasteiger partial charge in [0, 0.05) is 17.2 Å². The summed E-state index contributed by atoms with van der Waals surface area (Å²) >= 11 is 0. The lowest BCUT2D eigenvalue weighted by Crippen LogP contribution is -2.24. The first-order chi connectivity index (χ1) is 10.3. The summed E-state index contributed by atoms with van der Waals surface area (Å²) in [4.78, 5) is 11.3. The molecule has 0 radical (unpaired) electrons. The predicted octanol–water partition coefficient (Wildman–Crippen LogP) is 3.82. The first-order valence-electron chi connectivity index (χ1n) is 6.37. The van der Waals surface area contributed by atoms with E-state index in [1.165, 1.54) is 19.1 Å². The third kappa shape index (κ3) is 3.05. The summed E-state index contributed by atoms with van der Waals surface area (Å²) in [5.74, 6) is -2.41. The minimum absolute atomic E-state index is 0.0729. The standard InChI is InChI=1S/C16H13F3O3/c1-8(2)16(21)22-9-3-4-10(12(17)7-9)11-5-6-13(20)15(19)14(11)18/h3-7,14-15,20H,1H2,2H3. The topological polar surface area (TPSA) is 46.5 Å². The van der Waals surface area contributed by atoms with Crippen molar-refractivity contribution in [2.75, 3.05) is 0 Å². The lowest BCUT2D eigenvalue weighted by Gasteiger charge is -2.20. The monoisotopic (exact) mass is 310 g/mol. The molecule has 22 heavy (non-hydrogen) atoms. The molecule has 0 saturated heterocycles. The first-order valence-corrected chi connectivity index (χ1v) is 6.37. The molecule has 1 aliphatic rings. The van der Waals surface area contributed by atoms with Crippen LogP contribution >= 0.6 is 0 Å². The zero-order valence-electron chi connectivity index (χ0n) is 11.6. The van der Waals surface area contributed by atoms with Gasteiger partial charge in [-0.25, -0.2) is 18.0 Å². The predicted molar refractivity (Wildman–Crippen MR) is 75.3 cm³/mol. The van der Waals surface area contributed by atoms with Crippen molar-refractivity contribution in [2.24, 2.45) is 0 Å². The lowest BCUT2D eigenvalue weighted by molar-refractivity contribution is -0.130. The number of carbonyl (C=O) groups excluding carboxylic acids is 1. The van der Waals surface area contributed by atoms with E-state index in [1.54, 1.807) is 0 Å². The van der Waals surface area contributed by atoms with Gasteiger partial charge < -0.3 is 9.84 Å². The van der Waals surface area contributed by atoms with Crippen LogP contribution in [-0.4, -0.2) is 23.4 Å². The molecule has 116 valence electrons. The molecular weight excluding hydrogens is 297 g/mol. The largest absolute Gasteiger partial charge is 0.509 e. The Kier molecular flexibility index (Phi) is 4.40. The molecule has 0 bridgehead atoms. The minimum Gasteiger partial charge on any atom is -0.509 e. The number of ether oxygens (including phenoxy) is 1. The summed E-state index contributed by atoms with van der Waals surface area (Å²) in [5, 5.41) is 9.12. The number of rotatable bonds is 3. The third-order valence-corrected chi connectivity index (χ3v) is 3.08. The number of allylic oxidation sites excluding steroid dienone is 4. The van der Waals surface area contributed by atoms with E-state index in [9.17, 15) is 18.0 Å². The second-order valence-electron chi connectivity index (χ2n) is 4.83. The summed E-state index contributed by atoms with van der Waals surface area (Å²) < 4.78 is 46.2. The number of esters is 1. The lowest BCUT2D eigenvalue weighted by atomic mass is 9.93. The fourth-order valence-electron chi connectivity index (χ4n) is 1.89. The van der Waals surface area contributed by atoms with Crippen LogP contribution in [-0.2, 0) is 4.79 Å². The van der Waals surface area contributed by atoms with Crippen molar-refractivity contribution in [2.45, 2.75) is 19.3 Å². The first kappa shape index (κ1) is 15.9. The molecule has 1 aromatic carbocycles. The molecule has 0 fully saturated rings. The van der Waals surface area contributed by atoms with Gasteiger partial charge in [-0.3, -0.25) is 0 Å². The molecule has 3 nitrogen and oxygen atoms in total. The molecule has 1 aromatic rings. The molecular formula is C16H13F3O3. The van der Waals surface area contributed by atoms with Gasteiger partial charge in [0.05, 0.1) is 0 Å². The van der Waals surface area contributed by atoms with E-state index in [0.717, 1.165) is 18.2 Å². The number of alkyl halides is 2. The van der Waals surface area contributed by atoms with Gasteiger partial charge >= 0.3 is 5.97 Å². The van der Waals surface area contributed by atoms with Gasteiger partial charge in [0.1, 0.15) is 17.3 Å². The summed E-state index contributed by atoms with van der Waals surface area (Å²) in [7, 11) is 0. The molecule has 0 spiro atoms. The second-order valence-corrected chi connectivity index (χ2v) is 4.83. The van der Waals surface area contributed by atoms with Gasteiger partial charge in [-0.1, -0.05) is 12.7 Å². The van der Waals surface area contributed by atoms with Crippen LogP contribution in [0.25, 0.3) is 5.57 Å². The molecule has 0 saturated carbocycles. The van der Waals surface area contributed by atoms with E-state index >= 15 is 0 Å². The van der Waals surface area contributed by atoms with E-state index < -0.39 is 29.9 Å². The van der Waals surface area contributed by atoms with Crippen molar-refractivity contribution in [1.29, 1.82) is 0 Å². The van der Waals surface area contributed by atoms with Crippen LogP contribution in [0, 0.1) is 5.82 Å². The zero-order chi connectivity index (χ0) is 16.4. The number of benzene rings is 1. The van der Waals surface area contributed by atoms with Crippen molar-refractivity contribution < 1.29 is 27.8 Å². The zero-order valence-corrected chi connectivity index (χ0v) is 11.6. The Balaban J connectivity index is 2.31. The van der Waals surface area contributed by atoms with Gasteiger partial charge in [0.15, 0.2) is 12.3 Å². The normalized spacial score (nSPS) is 20.9. The smallest absolute Gasteiger partial charge is 0.338 e. The van der Waals surface area contributed by atoms with Gasteiger partial charge in [-0.15, -0.1) is 0 Å². The molecule has 0 heterocycles. The maximum Gasteiger partial charge on any atom is 0.338 e. The fourth-order valence-corrected chi connectivity index (χ4v) is 1.89. The van der Waals surface area contributed by atoms with Crippen LogP contribution in [0.4, 0.5) is 13.2 Å². The van der Waals surface area contributed by atoms with E-state index in [1.807, 2.05) is 0 Å². The van der Waals surface area contributed by atoms with Crippen LogP contribution in [0.15, 0.2) is 48.3 Å². The van der Waals surface area contributed by atoms with Crippen LogP contribution < -0.4 is 4.74 Å². The summed E-state index contributed by atoms with van der Waals surface area (Å²) in [6.07, 6.45) is -2.33. The molecule has 1 aliphatic carbocycles. The fraction of sp³-hybridized carbons (Fsp3) is 0.188. The van der Waals surface area contributed by atoms with Crippen LogP contribution in [0.5, 0.6) is 5.75 Å². The van der Waals surface area contributed by atoms with Crippen molar-refractivity contribution in [3.63, 3.8) is 0 Å². The molecule has 0 amide bonds. The second kappa shape index (κ2) is 6.09. The Labute approximate surface area is 125 Å². The SMILES string of the molecule is C=C(C)C(=O)Oc1ccc(C2=CC=C(O)C(F)C2F)c(F)c1. The van der Waals surface area contributed by atoms with Crippen molar-refractivity contribution in [1.82, 2.24) is 0 Å². The average Bonchev–Trinajstić information content (AvgIpc) is 2.46. The number of aliphatic hydroxyl groups excluding tert-OH is 1. The van der Waals surface area contributed by atoms with Crippen LogP contribution in [0.2, 0.25) is 0 Å². The Bertz CT molecular complexity index is 692. The molecule has 6 heteroatoms. The van der Waals surface area contributed by atoms with E-state index in [-0.39, 0.29) is 22.5 Å². The van der Waals surface area contributed by atoms with Crippen LogP contribution in [0.3, 0.4) is 0 Å². The number of aliphatic hydroxyl groups is 1. The Morgan fingerprint density at radius 1 is 1.27 bits per heavy atom. The number of hydrogen-bond acceptors (Lipinski definition) is 3. The van der Waals surface area contributed by atoms with Crippen LogP contribution in [0.1, 0.15) is 12.5 Å². The number of carbonyl (C=O) groups is 1. The Morgan fingerprint density at radius 2 is 1.95 bits per heavy atom. The van der Waals surface area contributed by atoms with E-state index in [0.29, 0.717) is 0 Å². The highest BCUT2D eigenvalue weighted by Crippen LogP contribution is 2.33. The van der Waals surface area contributed by atoms with E-state index in [2.05, 4.69) is 6.58 Å². The van der Waals surface area contributed by atoms with E-state index in [4.69, 9.17) is 9.84 Å². The van der Waals surface area contributed by atoms with Gasteiger partial charge in [-0.2, -0.15) is 0 Å². The highest BCUT2D eigenvalue weighted by Gasteiger charge is 2.32. The van der Waals surface area contributed by atoms with Crippen molar-refractivity contribution >= 4 is 11.5 Å². The Hall–Kier alpha value is -2.50. The highest BCUT2D eigenvalue weighted by atomic mass is 19.2. The maximum absolute atomic E-state index is 14.1. The summed E-state index contributed by atoms with van der Waals surface area (Å²) in [5.41, 5.74) is -0.265. The van der Waals surface area contributed by atoms with Gasteiger partial charge in [0.25, 0.3) is 0 Å². The van der Waals surface area contributed by atoms with Crippen molar-refractivity contribution in [3.8, 4) is 5.75 Å². The van der Waals surface area contributed by atoms with Gasteiger partial charge in [-0.05, 0) is 30.7 Å². The maximum atomic E-state index is 14.1. The molecule has 2 unspecified atom stereocenters. The molecule has 0 aliphatic heterocycles.